The van der Waals surface area contributed by atoms with Crippen molar-refractivity contribution in [3.63, 3.8) is 0 Å². The third kappa shape index (κ3) is 8.98. The Kier molecular flexibility index (Phi) is 12.5. The molecule has 6 nitrogen and oxygen atoms in total. The molecule has 0 spiro atoms. The summed E-state index contributed by atoms with van der Waals surface area (Å²) in [6, 6.07) is 12.8. The van der Waals surface area contributed by atoms with Crippen molar-refractivity contribution < 1.29 is 24.5 Å². The predicted octanol–water partition coefficient (Wildman–Crippen LogP) is 6.03. The molecule has 1 aromatic carbocycles. The quantitative estimate of drug-likeness (QED) is 0.217. The number of hydrogen-bond donors (Lipinski definition) is 2. The number of methoxy groups -OCH3 is 1. The molecule has 0 bridgehead atoms. The number of carbonyl (C=O) groups is 2. The van der Waals surface area contributed by atoms with Gasteiger partial charge in [-0.2, -0.15) is 0 Å². The maximum absolute atomic E-state index is 12.4. The van der Waals surface area contributed by atoms with Crippen molar-refractivity contribution in [1.29, 1.82) is 0 Å². The highest BCUT2D eigenvalue weighted by atomic mass is 16.5. The van der Waals surface area contributed by atoms with Crippen LogP contribution in [-0.2, 0) is 27.2 Å². The van der Waals surface area contributed by atoms with Gasteiger partial charge >= 0.3 is 11.9 Å². The number of rotatable bonds is 17. The number of aryl methyl sites for hydroxylation is 1. The molecule has 0 saturated heterocycles. The molecule has 0 amide bonds. The van der Waals surface area contributed by atoms with Crippen LogP contribution in [0.15, 0.2) is 42.5 Å². The molecule has 6 heteroatoms. The van der Waals surface area contributed by atoms with E-state index in [1.54, 1.807) is 0 Å². The Hall–Kier alpha value is -2.60. The Bertz CT molecular complexity index is 861. The van der Waals surface area contributed by atoms with Crippen molar-refractivity contribution in [2.24, 2.45) is 0 Å². The van der Waals surface area contributed by atoms with Gasteiger partial charge in [0, 0.05) is 24.2 Å². The zero-order valence-corrected chi connectivity index (χ0v) is 20.7. The van der Waals surface area contributed by atoms with Gasteiger partial charge in [-0.05, 0) is 43.4 Å². The lowest BCUT2D eigenvalue weighted by Gasteiger charge is -2.24. The van der Waals surface area contributed by atoms with E-state index >= 15 is 0 Å². The largest absolute Gasteiger partial charge is 0.480 e. The molecule has 34 heavy (non-hydrogen) atoms. The maximum atomic E-state index is 12.4. The molecule has 188 valence electrons. The van der Waals surface area contributed by atoms with Crippen molar-refractivity contribution in [2.75, 3.05) is 7.11 Å². The topological polar surface area (TPSA) is 88.8 Å². The van der Waals surface area contributed by atoms with E-state index in [9.17, 15) is 19.8 Å². The molecule has 0 aliphatic rings. The number of aliphatic hydroxyl groups excluding tert-OH is 1. The first-order chi connectivity index (χ1) is 16.5. The Balaban J connectivity index is 2.07. The van der Waals surface area contributed by atoms with Crippen molar-refractivity contribution >= 4 is 11.9 Å². The van der Waals surface area contributed by atoms with Crippen molar-refractivity contribution in [2.45, 2.75) is 96.1 Å². The van der Waals surface area contributed by atoms with Crippen LogP contribution in [0.5, 0.6) is 0 Å². The Morgan fingerprint density at radius 3 is 2.32 bits per heavy atom. The highest BCUT2D eigenvalue weighted by Gasteiger charge is 2.27. The highest BCUT2D eigenvalue weighted by molar-refractivity contribution is 5.73. The van der Waals surface area contributed by atoms with Gasteiger partial charge < -0.3 is 19.5 Å². The second-order valence-electron chi connectivity index (χ2n) is 9.02. The fraction of sp³-hybridized carbons (Fsp3) is 0.571. The minimum Gasteiger partial charge on any atom is -0.480 e. The van der Waals surface area contributed by atoms with Gasteiger partial charge in [0.2, 0.25) is 0 Å². The lowest BCUT2D eigenvalue weighted by Crippen LogP contribution is -2.26. The first kappa shape index (κ1) is 27.6. The number of nitrogens with zero attached hydrogens (tertiary/aromatic N) is 1. The smallest absolute Gasteiger partial charge is 0.327 e. The molecule has 0 aliphatic heterocycles. The van der Waals surface area contributed by atoms with E-state index in [1.165, 1.54) is 7.11 Å². The third-order valence-corrected chi connectivity index (χ3v) is 6.37. The van der Waals surface area contributed by atoms with Gasteiger partial charge in [0.1, 0.15) is 6.04 Å². The number of carboxylic acids is 1. The van der Waals surface area contributed by atoms with Crippen LogP contribution in [0, 0.1) is 0 Å². The Morgan fingerprint density at radius 1 is 0.941 bits per heavy atom. The van der Waals surface area contributed by atoms with E-state index in [0.29, 0.717) is 25.0 Å². The summed E-state index contributed by atoms with van der Waals surface area (Å²) in [7, 11) is 1.41. The number of benzene rings is 1. The number of esters is 1. The summed E-state index contributed by atoms with van der Waals surface area (Å²) in [5.41, 5.74) is 2.64. The summed E-state index contributed by atoms with van der Waals surface area (Å²) in [5, 5.41) is 21.1. The number of ether oxygens (including phenoxy) is 1. The standard InChI is InChI=1S/C28H41NO5/c1-3-4-9-16-23-19-20-24(26(30)17-12-6-5-7-13-18-27(31)34-2)29(23)25(28(32)33)21-22-14-10-8-11-15-22/h8,10-11,14-15,19-20,25-26,30H,3-7,9,12-13,16-18,21H2,1-2H3,(H,32,33). The zero-order chi connectivity index (χ0) is 24.8. The average Bonchev–Trinajstić information content (AvgIpc) is 3.25. The monoisotopic (exact) mass is 471 g/mol. The third-order valence-electron chi connectivity index (χ3n) is 6.37. The van der Waals surface area contributed by atoms with Crippen molar-refractivity contribution in [1.82, 2.24) is 4.57 Å². The van der Waals surface area contributed by atoms with E-state index in [-0.39, 0.29) is 5.97 Å². The maximum Gasteiger partial charge on any atom is 0.327 e. The van der Waals surface area contributed by atoms with Crippen molar-refractivity contribution in [3.05, 3.63) is 59.4 Å². The van der Waals surface area contributed by atoms with Gasteiger partial charge in [-0.1, -0.05) is 75.8 Å². The molecule has 2 N–H and O–H groups in total. The Morgan fingerprint density at radius 2 is 1.65 bits per heavy atom. The lowest BCUT2D eigenvalue weighted by atomic mass is 10.0. The van der Waals surface area contributed by atoms with Crippen LogP contribution in [0.3, 0.4) is 0 Å². The fourth-order valence-electron chi connectivity index (χ4n) is 4.43. The first-order valence-electron chi connectivity index (χ1n) is 12.7. The van der Waals surface area contributed by atoms with Crippen molar-refractivity contribution in [3.8, 4) is 0 Å². The summed E-state index contributed by atoms with van der Waals surface area (Å²) < 4.78 is 6.54. The number of carbonyl (C=O) groups excluding carboxylic acids is 1. The van der Waals surface area contributed by atoms with Gasteiger partial charge in [-0.25, -0.2) is 4.79 Å². The minimum atomic E-state index is -0.879. The number of hydrogen-bond acceptors (Lipinski definition) is 4. The van der Waals surface area contributed by atoms with Crippen LogP contribution >= 0.6 is 0 Å². The predicted molar refractivity (Wildman–Crippen MR) is 134 cm³/mol. The number of aromatic nitrogens is 1. The summed E-state index contributed by atoms with van der Waals surface area (Å²) in [6.07, 6.45) is 9.31. The van der Waals surface area contributed by atoms with Gasteiger partial charge in [0.25, 0.3) is 0 Å². The van der Waals surface area contributed by atoms with Crippen LogP contribution in [0.1, 0.15) is 100 Å². The SMILES string of the molecule is CCCCCc1ccc(C(O)CCCCCCCC(=O)OC)n1C(Cc1ccccc1)C(=O)O. The average molecular weight is 472 g/mol. The second kappa shape index (κ2) is 15.3. The summed E-state index contributed by atoms with van der Waals surface area (Å²) in [4.78, 5) is 23.5. The van der Waals surface area contributed by atoms with Crippen LogP contribution in [-0.4, -0.2) is 33.8 Å². The number of aliphatic carboxylic acids is 1. The van der Waals surface area contributed by atoms with Gasteiger partial charge in [-0.15, -0.1) is 0 Å². The summed E-state index contributed by atoms with van der Waals surface area (Å²) in [6.45, 7) is 2.15. The van der Waals surface area contributed by atoms with E-state index in [4.69, 9.17) is 0 Å². The van der Waals surface area contributed by atoms with E-state index < -0.39 is 18.1 Å². The molecule has 2 aromatic rings. The van der Waals surface area contributed by atoms with Crippen LogP contribution in [0.2, 0.25) is 0 Å². The molecular weight excluding hydrogens is 430 g/mol. The summed E-state index contributed by atoms with van der Waals surface area (Å²) in [5.74, 6) is -1.05. The van der Waals surface area contributed by atoms with Gasteiger partial charge in [0.15, 0.2) is 0 Å². The Labute approximate surface area is 204 Å². The van der Waals surface area contributed by atoms with Crippen LogP contribution in [0.4, 0.5) is 0 Å². The molecular formula is C28H41NO5. The second-order valence-corrected chi connectivity index (χ2v) is 9.02. The molecule has 0 radical (unpaired) electrons. The molecule has 2 unspecified atom stereocenters. The van der Waals surface area contributed by atoms with E-state index in [2.05, 4.69) is 11.7 Å². The first-order valence-corrected chi connectivity index (χ1v) is 12.7. The van der Waals surface area contributed by atoms with E-state index in [0.717, 1.165) is 69.0 Å². The van der Waals surface area contributed by atoms with Gasteiger partial charge in [-0.3, -0.25) is 4.79 Å². The normalized spacial score (nSPS) is 12.9. The summed E-state index contributed by atoms with van der Waals surface area (Å²) >= 11 is 0. The molecule has 0 saturated carbocycles. The molecule has 2 atom stereocenters. The van der Waals surface area contributed by atoms with Crippen LogP contribution in [0.25, 0.3) is 0 Å². The highest BCUT2D eigenvalue weighted by Crippen LogP contribution is 2.29. The zero-order valence-electron chi connectivity index (χ0n) is 20.7. The number of unbranched alkanes of at least 4 members (excludes halogenated alkanes) is 6. The molecule has 0 aliphatic carbocycles. The van der Waals surface area contributed by atoms with E-state index in [1.807, 2.05) is 47.0 Å². The minimum absolute atomic E-state index is 0.172. The molecule has 2 rings (SSSR count). The van der Waals surface area contributed by atoms with Crippen LogP contribution < -0.4 is 0 Å². The number of aliphatic hydroxyl groups is 1. The molecule has 1 aromatic heterocycles. The lowest BCUT2D eigenvalue weighted by molar-refractivity contribution is -0.141. The fourth-order valence-corrected chi connectivity index (χ4v) is 4.43. The van der Waals surface area contributed by atoms with Gasteiger partial charge in [0.05, 0.1) is 13.2 Å². The molecule has 1 heterocycles. The molecule has 0 fully saturated rings. The number of carboxylic acid groups (broad SMARTS) is 1.